The molecule has 4 nitrogen and oxygen atoms in total. The molecule has 2 fully saturated rings. The van der Waals surface area contributed by atoms with Gasteiger partial charge in [0.1, 0.15) is 0 Å². The Kier molecular flexibility index (Phi) is 3.64. The Balaban J connectivity index is 1.77. The number of sulfonamides is 1. The standard InChI is InChI=1S/C10H20N2O2S/c13-15(14)8-2-6-12(15)7-4-10-3-1-5-11-9-10/h10-11H,1-9H2. The molecule has 2 heterocycles. The first-order valence-corrected chi connectivity index (χ1v) is 7.48. The Morgan fingerprint density at radius 1 is 1.33 bits per heavy atom. The first-order valence-electron chi connectivity index (χ1n) is 5.87. The largest absolute Gasteiger partial charge is 0.316 e. The minimum absolute atomic E-state index is 0.357. The van der Waals surface area contributed by atoms with Gasteiger partial charge in [0, 0.05) is 13.1 Å². The Morgan fingerprint density at radius 3 is 2.80 bits per heavy atom. The van der Waals surface area contributed by atoms with Gasteiger partial charge in [0.15, 0.2) is 0 Å². The van der Waals surface area contributed by atoms with Gasteiger partial charge in [-0.05, 0) is 44.7 Å². The molecule has 2 rings (SSSR count). The molecule has 2 aliphatic rings. The van der Waals surface area contributed by atoms with Crippen LogP contribution in [0.1, 0.15) is 25.7 Å². The predicted molar refractivity (Wildman–Crippen MR) is 60.2 cm³/mol. The topological polar surface area (TPSA) is 49.4 Å². The van der Waals surface area contributed by atoms with Crippen LogP contribution in [0.3, 0.4) is 0 Å². The summed E-state index contributed by atoms with van der Waals surface area (Å²) in [5, 5.41) is 3.36. The lowest BCUT2D eigenvalue weighted by atomic mass is 9.96. The number of hydrogen-bond donors (Lipinski definition) is 1. The molecule has 0 radical (unpaired) electrons. The van der Waals surface area contributed by atoms with Crippen molar-refractivity contribution < 1.29 is 8.42 Å². The third-order valence-corrected chi connectivity index (χ3v) is 5.35. The maximum atomic E-state index is 11.5. The Morgan fingerprint density at radius 2 is 2.20 bits per heavy atom. The number of piperidine rings is 1. The quantitative estimate of drug-likeness (QED) is 0.767. The molecule has 0 amide bonds. The molecule has 0 aromatic heterocycles. The van der Waals surface area contributed by atoms with Gasteiger partial charge in [-0.2, -0.15) is 0 Å². The SMILES string of the molecule is O=S1(=O)CCCN1CCC1CCCNC1. The third-order valence-electron chi connectivity index (χ3n) is 3.39. The highest BCUT2D eigenvalue weighted by molar-refractivity contribution is 7.89. The van der Waals surface area contributed by atoms with Crippen LogP contribution in [0.2, 0.25) is 0 Å². The van der Waals surface area contributed by atoms with Gasteiger partial charge >= 0.3 is 0 Å². The van der Waals surface area contributed by atoms with Gasteiger partial charge in [0.2, 0.25) is 10.0 Å². The zero-order valence-electron chi connectivity index (χ0n) is 9.11. The van der Waals surface area contributed by atoms with Gasteiger partial charge in [-0.1, -0.05) is 0 Å². The minimum atomic E-state index is -2.87. The fraction of sp³-hybridized carbons (Fsp3) is 1.00. The fourth-order valence-corrected chi connectivity index (χ4v) is 3.98. The van der Waals surface area contributed by atoms with Crippen molar-refractivity contribution in [3.63, 3.8) is 0 Å². The predicted octanol–water partition coefficient (Wildman–Crippen LogP) is 0.412. The Labute approximate surface area is 92.1 Å². The Hall–Kier alpha value is -0.130. The van der Waals surface area contributed by atoms with E-state index in [4.69, 9.17) is 0 Å². The van der Waals surface area contributed by atoms with Crippen LogP contribution in [-0.2, 0) is 10.0 Å². The molecule has 88 valence electrons. The van der Waals surface area contributed by atoms with Crippen LogP contribution in [0, 0.1) is 5.92 Å². The highest BCUT2D eigenvalue weighted by Crippen LogP contribution is 2.18. The molecule has 1 unspecified atom stereocenters. The van der Waals surface area contributed by atoms with E-state index in [2.05, 4.69) is 5.32 Å². The van der Waals surface area contributed by atoms with Gasteiger partial charge < -0.3 is 5.32 Å². The van der Waals surface area contributed by atoms with Crippen LogP contribution in [0.5, 0.6) is 0 Å². The minimum Gasteiger partial charge on any atom is -0.316 e. The number of nitrogens with zero attached hydrogens (tertiary/aromatic N) is 1. The molecular formula is C10H20N2O2S. The molecule has 2 saturated heterocycles. The smallest absolute Gasteiger partial charge is 0.214 e. The highest BCUT2D eigenvalue weighted by Gasteiger charge is 2.28. The molecule has 0 bridgehead atoms. The zero-order valence-corrected chi connectivity index (χ0v) is 9.93. The molecule has 0 saturated carbocycles. The van der Waals surface area contributed by atoms with Gasteiger partial charge in [-0.15, -0.1) is 0 Å². The van der Waals surface area contributed by atoms with E-state index in [0.717, 1.165) is 39.0 Å². The van der Waals surface area contributed by atoms with E-state index in [-0.39, 0.29) is 0 Å². The second-order valence-corrected chi connectivity index (χ2v) is 6.66. The maximum absolute atomic E-state index is 11.5. The third kappa shape index (κ3) is 2.92. The first-order chi connectivity index (χ1) is 7.18. The van der Waals surface area contributed by atoms with Crippen molar-refractivity contribution >= 4 is 10.0 Å². The molecule has 1 atom stereocenters. The van der Waals surface area contributed by atoms with Crippen molar-refractivity contribution in [2.45, 2.75) is 25.7 Å². The molecule has 5 heteroatoms. The number of rotatable bonds is 3. The number of hydrogen-bond acceptors (Lipinski definition) is 3. The lowest BCUT2D eigenvalue weighted by Gasteiger charge is -2.24. The molecule has 0 aromatic carbocycles. The summed E-state index contributed by atoms with van der Waals surface area (Å²) in [6.07, 6.45) is 4.32. The summed E-state index contributed by atoms with van der Waals surface area (Å²) < 4.78 is 24.8. The van der Waals surface area contributed by atoms with E-state index in [0.29, 0.717) is 11.7 Å². The van der Waals surface area contributed by atoms with Crippen LogP contribution < -0.4 is 5.32 Å². The normalized spacial score (nSPS) is 31.9. The summed E-state index contributed by atoms with van der Waals surface area (Å²) in [7, 11) is -2.87. The number of nitrogens with one attached hydrogen (secondary N) is 1. The van der Waals surface area contributed by atoms with Crippen LogP contribution in [0.4, 0.5) is 0 Å². The van der Waals surface area contributed by atoms with E-state index >= 15 is 0 Å². The summed E-state index contributed by atoms with van der Waals surface area (Å²) in [6, 6.07) is 0. The van der Waals surface area contributed by atoms with Crippen molar-refractivity contribution in [2.75, 3.05) is 31.9 Å². The van der Waals surface area contributed by atoms with E-state index in [1.54, 1.807) is 4.31 Å². The highest BCUT2D eigenvalue weighted by atomic mass is 32.2. The second-order valence-electron chi connectivity index (χ2n) is 4.57. The molecule has 0 spiro atoms. The van der Waals surface area contributed by atoms with Crippen LogP contribution in [0.15, 0.2) is 0 Å². The fourth-order valence-electron chi connectivity index (χ4n) is 2.44. The van der Waals surface area contributed by atoms with E-state index in [9.17, 15) is 8.42 Å². The monoisotopic (exact) mass is 232 g/mol. The molecule has 15 heavy (non-hydrogen) atoms. The second kappa shape index (κ2) is 4.80. The van der Waals surface area contributed by atoms with E-state index in [1.807, 2.05) is 0 Å². The maximum Gasteiger partial charge on any atom is 0.214 e. The van der Waals surface area contributed by atoms with Crippen molar-refractivity contribution in [1.82, 2.24) is 9.62 Å². The van der Waals surface area contributed by atoms with Crippen molar-refractivity contribution in [1.29, 1.82) is 0 Å². The van der Waals surface area contributed by atoms with E-state index < -0.39 is 10.0 Å². The van der Waals surface area contributed by atoms with E-state index in [1.165, 1.54) is 12.8 Å². The van der Waals surface area contributed by atoms with Crippen molar-refractivity contribution in [3.05, 3.63) is 0 Å². The van der Waals surface area contributed by atoms with Gasteiger partial charge in [0.05, 0.1) is 5.75 Å². The molecule has 0 aromatic rings. The van der Waals surface area contributed by atoms with Crippen LogP contribution >= 0.6 is 0 Å². The Bertz CT molecular complexity index is 297. The lowest BCUT2D eigenvalue weighted by molar-refractivity contribution is 0.321. The lowest BCUT2D eigenvalue weighted by Crippen LogP contribution is -2.33. The summed E-state index contributed by atoms with van der Waals surface area (Å²) in [4.78, 5) is 0. The average molecular weight is 232 g/mol. The van der Waals surface area contributed by atoms with Crippen LogP contribution in [0.25, 0.3) is 0 Å². The van der Waals surface area contributed by atoms with Crippen molar-refractivity contribution in [3.8, 4) is 0 Å². The molecule has 0 aliphatic carbocycles. The summed E-state index contributed by atoms with van der Waals surface area (Å²) in [5.41, 5.74) is 0. The van der Waals surface area contributed by atoms with Gasteiger partial charge in [-0.25, -0.2) is 12.7 Å². The van der Waals surface area contributed by atoms with Gasteiger partial charge in [-0.3, -0.25) is 0 Å². The van der Waals surface area contributed by atoms with Gasteiger partial charge in [0.25, 0.3) is 0 Å². The summed E-state index contributed by atoms with van der Waals surface area (Å²) in [6.45, 7) is 3.66. The van der Waals surface area contributed by atoms with Crippen molar-refractivity contribution in [2.24, 2.45) is 5.92 Å². The van der Waals surface area contributed by atoms with Crippen LogP contribution in [-0.4, -0.2) is 44.7 Å². The summed E-state index contributed by atoms with van der Waals surface area (Å²) in [5.74, 6) is 1.03. The molecule has 1 N–H and O–H groups in total. The first kappa shape index (κ1) is 11.4. The summed E-state index contributed by atoms with van der Waals surface area (Å²) >= 11 is 0. The molecular weight excluding hydrogens is 212 g/mol. The zero-order chi connectivity index (χ0) is 10.7. The molecule has 2 aliphatic heterocycles. The average Bonchev–Trinajstić information content (AvgIpc) is 2.56.